The number of ether oxygens (including phenoxy) is 1. The van der Waals surface area contributed by atoms with Gasteiger partial charge in [-0.15, -0.1) is 0 Å². The summed E-state index contributed by atoms with van der Waals surface area (Å²) in [5, 5.41) is 3.48. The second-order valence-corrected chi connectivity index (χ2v) is 12.5. The first kappa shape index (κ1) is 28.0. The van der Waals surface area contributed by atoms with Crippen LogP contribution in [0.15, 0.2) is 53.6 Å². The van der Waals surface area contributed by atoms with Crippen molar-refractivity contribution in [2.24, 2.45) is 0 Å². The Balaban J connectivity index is 1.54. The number of fused-ring (bicyclic) bond motifs is 1. The fourth-order valence-corrected chi connectivity index (χ4v) is 6.07. The van der Waals surface area contributed by atoms with Crippen molar-refractivity contribution in [3.63, 3.8) is 0 Å². The highest BCUT2D eigenvalue weighted by molar-refractivity contribution is 7.90. The number of sulfone groups is 1. The molecule has 2 saturated heterocycles. The summed E-state index contributed by atoms with van der Waals surface area (Å²) in [5.74, 6) is -0.637. The monoisotopic (exact) mass is 593 g/mol. The van der Waals surface area contributed by atoms with Crippen LogP contribution in [0.2, 0.25) is 0 Å². The number of amides is 1. The van der Waals surface area contributed by atoms with Crippen molar-refractivity contribution in [2.75, 3.05) is 54.2 Å². The van der Waals surface area contributed by atoms with E-state index in [1.54, 1.807) is 30.2 Å². The van der Waals surface area contributed by atoms with Crippen LogP contribution in [0, 0.1) is 18.6 Å². The van der Waals surface area contributed by atoms with Gasteiger partial charge in [-0.1, -0.05) is 12.1 Å². The summed E-state index contributed by atoms with van der Waals surface area (Å²) in [7, 11) is -3.40. The van der Waals surface area contributed by atoms with Crippen LogP contribution in [0.1, 0.15) is 18.4 Å². The van der Waals surface area contributed by atoms with E-state index in [-0.39, 0.29) is 21.7 Å². The molecule has 2 aromatic heterocycles. The van der Waals surface area contributed by atoms with E-state index in [1.807, 2.05) is 6.07 Å². The molecule has 12 heteroatoms. The molecule has 0 spiro atoms. The maximum absolute atomic E-state index is 15.4. The third-order valence-corrected chi connectivity index (χ3v) is 8.76. The summed E-state index contributed by atoms with van der Waals surface area (Å²) >= 11 is 0. The number of anilines is 4. The molecule has 0 unspecified atom stereocenters. The zero-order valence-corrected chi connectivity index (χ0v) is 24.0. The summed E-state index contributed by atoms with van der Waals surface area (Å²) in [4.78, 5) is 25.7. The molecule has 1 N–H and O–H groups in total. The minimum absolute atomic E-state index is 0.0804. The fourth-order valence-electron chi connectivity index (χ4n) is 5.44. The Morgan fingerprint density at radius 2 is 1.76 bits per heavy atom. The van der Waals surface area contributed by atoms with Crippen molar-refractivity contribution in [3.05, 3.63) is 65.9 Å². The summed E-state index contributed by atoms with van der Waals surface area (Å²) in [6, 6.07) is 10.2. The minimum Gasteiger partial charge on any atom is -0.378 e. The van der Waals surface area contributed by atoms with Crippen LogP contribution < -0.4 is 15.1 Å². The highest BCUT2D eigenvalue weighted by atomic mass is 32.2. The second kappa shape index (κ2) is 10.9. The van der Waals surface area contributed by atoms with Crippen molar-refractivity contribution < 1.29 is 26.7 Å². The lowest BCUT2D eigenvalue weighted by Gasteiger charge is -2.29. The average Bonchev–Trinajstić information content (AvgIpc) is 3.39. The number of hydrogen-bond acceptors (Lipinski definition) is 8. The molecule has 218 valence electrons. The molecule has 1 amide bonds. The Bertz CT molecular complexity index is 1810. The van der Waals surface area contributed by atoms with Crippen molar-refractivity contribution >= 4 is 49.7 Å². The number of rotatable bonds is 6. The Morgan fingerprint density at radius 3 is 2.43 bits per heavy atom. The third kappa shape index (κ3) is 5.27. The van der Waals surface area contributed by atoms with Gasteiger partial charge in [-0.05, 0) is 31.0 Å². The van der Waals surface area contributed by atoms with Crippen LogP contribution in [0.25, 0.3) is 22.0 Å². The zero-order chi connectivity index (χ0) is 29.6. The number of nitrogens with one attached hydrogen (secondary N) is 1. The lowest BCUT2D eigenvalue weighted by atomic mass is 10.0. The largest absolute Gasteiger partial charge is 0.378 e. The van der Waals surface area contributed by atoms with Gasteiger partial charge >= 0.3 is 0 Å². The molecule has 0 atom stereocenters. The van der Waals surface area contributed by atoms with Crippen molar-refractivity contribution in [2.45, 2.75) is 24.7 Å². The van der Waals surface area contributed by atoms with Crippen LogP contribution in [-0.2, 0) is 19.4 Å². The molecule has 2 aliphatic rings. The van der Waals surface area contributed by atoms with Gasteiger partial charge in [-0.3, -0.25) is 9.69 Å². The number of halogens is 2. The summed E-state index contributed by atoms with van der Waals surface area (Å²) in [6.45, 7) is 4.60. The molecule has 6 rings (SSSR count). The Kier molecular flexibility index (Phi) is 7.27. The Labute approximate surface area is 242 Å². The predicted octanol–water partition coefficient (Wildman–Crippen LogP) is 4.99. The molecule has 0 saturated carbocycles. The molecule has 0 aliphatic carbocycles. The van der Waals surface area contributed by atoms with E-state index in [4.69, 9.17) is 4.74 Å². The van der Waals surface area contributed by atoms with E-state index in [1.165, 1.54) is 12.1 Å². The standard InChI is InChI=1S/C30H29F2N5O4S/c1-18-29(28-23(32)14-20(31)15-25(28)35-30(18)37-9-3-4-27(37)38)34-24-16-26(36-10-12-41-13-11-36)33-17-22(24)19-5-7-21(8-6-19)42(2,39)40/h5-8,14-17H,3-4,9-13H2,1-2H3,(H,33,34,35). The van der Waals surface area contributed by atoms with E-state index >= 15 is 4.39 Å². The molecule has 4 aromatic rings. The first-order valence-corrected chi connectivity index (χ1v) is 15.5. The molecule has 9 nitrogen and oxygen atoms in total. The number of carbonyl (C=O) groups is 1. The molecule has 0 radical (unpaired) electrons. The van der Waals surface area contributed by atoms with E-state index < -0.39 is 21.5 Å². The van der Waals surface area contributed by atoms with Crippen LogP contribution in [0.5, 0.6) is 0 Å². The second-order valence-electron chi connectivity index (χ2n) is 10.5. The third-order valence-electron chi connectivity index (χ3n) is 7.63. The van der Waals surface area contributed by atoms with Gasteiger partial charge in [0.2, 0.25) is 5.91 Å². The lowest BCUT2D eigenvalue weighted by molar-refractivity contribution is -0.117. The SMILES string of the molecule is Cc1c(N2CCCC2=O)nc2cc(F)cc(F)c2c1Nc1cc(N2CCOCC2)ncc1-c1ccc(S(C)(=O)=O)cc1. The molecule has 2 aliphatic heterocycles. The van der Waals surface area contributed by atoms with Gasteiger partial charge in [0.15, 0.2) is 9.84 Å². The molecular formula is C30H29F2N5O4S. The van der Waals surface area contributed by atoms with Gasteiger partial charge in [-0.2, -0.15) is 0 Å². The minimum atomic E-state index is -3.40. The quantitative estimate of drug-likeness (QED) is 0.333. The maximum atomic E-state index is 15.4. The number of benzene rings is 2. The number of morpholine rings is 1. The molecule has 4 heterocycles. The van der Waals surface area contributed by atoms with E-state index in [2.05, 4.69) is 20.2 Å². The molecule has 42 heavy (non-hydrogen) atoms. The molecular weight excluding hydrogens is 564 g/mol. The Morgan fingerprint density at radius 1 is 1.02 bits per heavy atom. The van der Waals surface area contributed by atoms with Gasteiger partial charge in [0.05, 0.1) is 40.4 Å². The lowest BCUT2D eigenvalue weighted by Crippen LogP contribution is -2.36. The number of nitrogens with zero attached hydrogens (tertiary/aromatic N) is 4. The van der Waals surface area contributed by atoms with Crippen molar-refractivity contribution in [3.8, 4) is 11.1 Å². The normalized spacial score (nSPS) is 16.0. The zero-order valence-electron chi connectivity index (χ0n) is 23.2. The average molecular weight is 594 g/mol. The van der Waals surface area contributed by atoms with Crippen LogP contribution in [0.3, 0.4) is 0 Å². The maximum Gasteiger partial charge on any atom is 0.228 e. The fraction of sp³-hybridized carbons (Fsp3) is 0.300. The smallest absolute Gasteiger partial charge is 0.228 e. The van der Waals surface area contributed by atoms with Crippen molar-refractivity contribution in [1.82, 2.24) is 9.97 Å². The predicted molar refractivity (Wildman–Crippen MR) is 157 cm³/mol. The van der Waals surface area contributed by atoms with Gasteiger partial charge in [0.25, 0.3) is 0 Å². The van der Waals surface area contributed by atoms with Crippen LogP contribution in [-0.4, -0.2) is 63.4 Å². The summed E-state index contributed by atoms with van der Waals surface area (Å²) in [5.41, 5.74) is 2.85. The van der Waals surface area contributed by atoms with Crippen molar-refractivity contribution in [1.29, 1.82) is 0 Å². The Hall–Kier alpha value is -4.16. The van der Waals surface area contributed by atoms with Gasteiger partial charge < -0.3 is 15.0 Å². The first-order valence-electron chi connectivity index (χ1n) is 13.6. The number of pyridine rings is 2. The number of carbonyl (C=O) groups excluding carboxylic acids is 1. The van der Waals surface area contributed by atoms with E-state index in [0.717, 1.165) is 18.4 Å². The highest BCUT2D eigenvalue weighted by Gasteiger charge is 2.28. The highest BCUT2D eigenvalue weighted by Crippen LogP contribution is 2.40. The number of hydrogen-bond donors (Lipinski definition) is 1. The van der Waals surface area contributed by atoms with Gasteiger partial charge in [0.1, 0.15) is 23.3 Å². The molecule has 0 bridgehead atoms. The van der Waals surface area contributed by atoms with Gasteiger partial charge in [0, 0.05) is 67.8 Å². The topological polar surface area (TPSA) is 105 Å². The van der Waals surface area contributed by atoms with Crippen LogP contribution in [0.4, 0.5) is 31.8 Å². The summed E-state index contributed by atoms with van der Waals surface area (Å²) in [6.07, 6.45) is 3.87. The first-order chi connectivity index (χ1) is 20.1. The van der Waals surface area contributed by atoms with E-state index in [0.29, 0.717) is 85.4 Å². The van der Waals surface area contributed by atoms with Crippen LogP contribution >= 0.6 is 0 Å². The van der Waals surface area contributed by atoms with Gasteiger partial charge in [-0.25, -0.2) is 27.2 Å². The molecule has 2 fully saturated rings. The summed E-state index contributed by atoms with van der Waals surface area (Å²) < 4.78 is 59.4. The molecule has 2 aromatic carbocycles. The number of aromatic nitrogens is 2. The van der Waals surface area contributed by atoms with E-state index in [9.17, 15) is 17.6 Å².